The lowest BCUT2D eigenvalue weighted by Crippen LogP contribution is -2.29. The van der Waals surface area contributed by atoms with Gasteiger partial charge in [-0.25, -0.2) is 4.90 Å². The number of hydrogen-bond acceptors (Lipinski definition) is 5. The van der Waals surface area contributed by atoms with Crippen molar-refractivity contribution in [2.75, 3.05) is 10.2 Å². The number of nitrogens with zero attached hydrogens (tertiary/aromatic N) is 1. The standard InChI is InChI=1S/C21H14N2O4/c24-13-27-17-10-11-18-19(12-17)21(26)23(20(18)25)16-8-6-15(7-9-16)22-14-4-2-1-3-5-14/h1-13,22H. The minimum absolute atomic E-state index is 0.214. The van der Waals surface area contributed by atoms with E-state index in [-0.39, 0.29) is 23.3 Å². The second kappa shape index (κ2) is 6.76. The van der Waals surface area contributed by atoms with Crippen LogP contribution in [0.15, 0.2) is 72.8 Å². The highest BCUT2D eigenvalue weighted by Crippen LogP contribution is 2.31. The van der Waals surface area contributed by atoms with E-state index in [9.17, 15) is 14.4 Å². The predicted octanol–water partition coefficient (Wildman–Crippen LogP) is 3.77. The Hall–Kier alpha value is -3.93. The molecular formula is C21H14N2O4. The molecule has 0 saturated carbocycles. The van der Waals surface area contributed by atoms with E-state index in [1.165, 1.54) is 18.2 Å². The summed E-state index contributed by atoms with van der Waals surface area (Å²) in [6.45, 7) is 0.277. The van der Waals surface area contributed by atoms with Crippen LogP contribution < -0.4 is 15.0 Å². The van der Waals surface area contributed by atoms with Gasteiger partial charge in [-0.1, -0.05) is 18.2 Å². The second-order valence-electron chi connectivity index (χ2n) is 5.91. The van der Waals surface area contributed by atoms with Crippen molar-refractivity contribution in [3.63, 3.8) is 0 Å². The Bertz CT molecular complexity index is 1030. The van der Waals surface area contributed by atoms with Gasteiger partial charge in [-0.15, -0.1) is 0 Å². The van der Waals surface area contributed by atoms with Crippen molar-refractivity contribution < 1.29 is 19.1 Å². The van der Waals surface area contributed by atoms with Gasteiger partial charge in [0.15, 0.2) is 0 Å². The normalized spacial score (nSPS) is 12.7. The number of carbonyl (C=O) groups is 3. The van der Waals surface area contributed by atoms with Crippen LogP contribution in [0.1, 0.15) is 20.7 Å². The van der Waals surface area contributed by atoms with E-state index in [0.717, 1.165) is 16.3 Å². The molecule has 0 atom stereocenters. The quantitative estimate of drug-likeness (QED) is 0.555. The average molecular weight is 358 g/mol. The topological polar surface area (TPSA) is 75.7 Å². The van der Waals surface area contributed by atoms with Crippen LogP contribution in [-0.4, -0.2) is 18.3 Å². The zero-order chi connectivity index (χ0) is 18.8. The summed E-state index contributed by atoms with van der Waals surface area (Å²) in [5.74, 6) is -0.638. The molecule has 0 bridgehead atoms. The van der Waals surface area contributed by atoms with Crippen LogP contribution in [0.5, 0.6) is 5.75 Å². The van der Waals surface area contributed by atoms with E-state index in [0.29, 0.717) is 5.69 Å². The highest BCUT2D eigenvalue weighted by molar-refractivity contribution is 6.34. The van der Waals surface area contributed by atoms with Gasteiger partial charge in [0, 0.05) is 11.4 Å². The maximum Gasteiger partial charge on any atom is 0.298 e. The Balaban J connectivity index is 1.59. The van der Waals surface area contributed by atoms with Crippen molar-refractivity contribution in [2.45, 2.75) is 0 Å². The first-order valence-electron chi connectivity index (χ1n) is 8.22. The van der Waals surface area contributed by atoms with E-state index >= 15 is 0 Å². The molecule has 0 spiro atoms. The number of fused-ring (bicyclic) bond motifs is 1. The Morgan fingerprint density at radius 1 is 0.778 bits per heavy atom. The third-order valence-electron chi connectivity index (χ3n) is 4.23. The Morgan fingerprint density at radius 3 is 2.15 bits per heavy atom. The first kappa shape index (κ1) is 16.5. The van der Waals surface area contributed by atoms with Crippen molar-refractivity contribution in [1.29, 1.82) is 0 Å². The summed E-state index contributed by atoms with van der Waals surface area (Å²) in [4.78, 5) is 36.9. The molecule has 27 heavy (non-hydrogen) atoms. The number of carbonyl (C=O) groups excluding carboxylic acids is 3. The zero-order valence-electron chi connectivity index (χ0n) is 14.1. The predicted molar refractivity (Wildman–Crippen MR) is 100 cm³/mol. The Labute approximate surface area is 155 Å². The molecular weight excluding hydrogens is 344 g/mol. The molecule has 1 aliphatic heterocycles. The number of imide groups is 1. The molecule has 6 heteroatoms. The number of anilines is 3. The summed E-state index contributed by atoms with van der Waals surface area (Å²) in [6.07, 6.45) is 0. The van der Waals surface area contributed by atoms with Crippen LogP contribution in [0, 0.1) is 0 Å². The van der Waals surface area contributed by atoms with E-state index < -0.39 is 11.8 Å². The molecule has 132 valence electrons. The summed E-state index contributed by atoms with van der Waals surface area (Å²) < 4.78 is 4.76. The maximum atomic E-state index is 12.7. The zero-order valence-corrected chi connectivity index (χ0v) is 14.1. The summed E-state index contributed by atoms with van der Waals surface area (Å²) >= 11 is 0. The molecule has 6 nitrogen and oxygen atoms in total. The van der Waals surface area contributed by atoms with Gasteiger partial charge >= 0.3 is 0 Å². The van der Waals surface area contributed by atoms with Crippen molar-refractivity contribution in [3.05, 3.63) is 83.9 Å². The fourth-order valence-electron chi connectivity index (χ4n) is 2.97. The maximum absolute atomic E-state index is 12.7. The smallest absolute Gasteiger partial charge is 0.298 e. The molecule has 3 aromatic carbocycles. The number of ether oxygens (including phenoxy) is 1. The third-order valence-corrected chi connectivity index (χ3v) is 4.23. The van der Waals surface area contributed by atoms with Crippen LogP contribution in [0.2, 0.25) is 0 Å². The molecule has 2 amide bonds. The summed E-state index contributed by atoms with van der Waals surface area (Å²) in [5.41, 5.74) is 2.74. The summed E-state index contributed by atoms with van der Waals surface area (Å²) in [6, 6.07) is 21.0. The van der Waals surface area contributed by atoms with E-state index in [2.05, 4.69) is 5.32 Å². The van der Waals surface area contributed by atoms with Gasteiger partial charge in [0.2, 0.25) is 0 Å². The number of amides is 2. The van der Waals surface area contributed by atoms with Gasteiger partial charge in [-0.3, -0.25) is 14.4 Å². The number of hydrogen-bond donors (Lipinski definition) is 1. The average Bonchev–Trinajstić information content (AvgIpc) is 2.94. The molecule has 1 aliphatic rings. The lowest BCUT2D eigenvalue weighted by atomic mass is 10.1. The monoisotopic (exact) mass is 358 g/mol. The highest BCUT2D eigenvalue weighted by atomic mass is 16.5. The first-order chi connectivity index (χ1) is 13.2. The fraction of sp³-hybridized carbons (Fsp3) is 0. The van der Waals surface area contributed by atoms with Crippen molar-refractivity contribution in [3.8, 4) is 5.75 Å². The van der Waals surface area contributed by atoms with Crippen LogP contribution >= 0.6 is 0 Å². The number of para-hydroxylation sites is 1. The van der Waals surface area contributed by atoms with Crippen molar-refractivity contribution in [2.24, 2.45) is 0 Å². The summed E-state index contributed by atoms with van der Waals surface area (Å²) in [5, 5.41) is 3.24. The Kier molecular flexibility index (Phi) is 4.14. The van der Waals surface area contributed by atoms with Crippen molar-refractivity contribution in [1.82, 2.24) is 0 Å². The van der Waals surface area contributed by atoms with Gasteiger partial charge in [0.1, 0.15) is 5.75 Å². The molecule has 0 fully saturated rings. The molecule has 1 heterocycles. The van der Waals surface area contributed by atoms with Crippen LogP contribution in [0.25, 0.3) is 0 Å². The van der Waals surface area contributed by atoms with Gasteiger partial charge in [-0.2, -0.15) is 0 Å². The lowest BCUT2D eigenvalue weighted by Gasteiger charge is -2.15. The van der Waals surface area contributed by atoms with E-state index in [4.69, 9.17) is 4.74 Å². The SMILES string of the molecule is O=COc1ccc2c(c1)C(=O)N(c1ccc(Nc3ccccc3)cc1)C2=O. The van der Waals surface area contributed by atoms with Gasteiger partial charge in [0.25, 0.3) is 18.3 Å². The first-order valence-corrected chi connectivity index (χ1v) is 8.22. The molecule has 3 aromatic rings. The largest absolute Gasteiger partial charge is 0.429 e. The van der Waals surface area contributed by atoms with Crippen LogP contribution in [0.4, 0.5) is 17.1 Å². The molecule has 4 rings (SSSR count). The molecule has 0 aliphatic carbocycles. The van der Waals surface area contributed by atoms with Gasteiger partial charge in [-0.05, 0) is 54.6 Å². The lowest BCUT2D eigenvalue weighted by molar-refractivity contribution is -0.120. The fourth-order valence-corrected chi connectivity index (χ4v) is 2.97. The molecule has 0 saturated heterocycles. The van der Waals surface area contributed by atoms with Gasteiger partial charge < -0.3 is 10.1 Å². The minimum Gasteiger partial charge on any atom is -0.429 e. The summed E-state index contributed by atoms with van der Waals surface area (Å²) in [7, 11) is 0. The third kappa shape index (κ3) is 3.04. The van der Waals surface area contributed by atoms with Crippen molar-refractivity contribution >= 4 is 35.3 Å². The molecule has 0 radical (unpaired) electrons. The van der Waals surface area contributed by atoms with E-state index in [1.807, 2.05) is 30.3 Å². The van der Waals surface area contributed by atoms with Crippen LogP contribution in [-0.2, 0) is 4.79 Å². The van der Waals surface area contributed by atoms with Crippen LogP contribution in [0.3, 0.4) is 0 Å². The number of rotatable bonds is 5. The minimum atomic E-state index is -0.449. The molecule has 0 unspecified atom stereocenters. The number of benzene rings is 3. The van der Waals surface area contributed by atoms with Gasteiger partial charge in [0.05, 0.1) is 16.8 Å². The second-order valence-corrected chi connectivity index (χ2v) is 5.91. The molecule has 0 aromatic heterocycles. The molecule has 1 N–H and O–H groups in total. The highest BCUT2D eigenvalue weighted by Gasteiger charge is 2.36. The Morgan fingerprint density at radius 2 is 1.44 bits per heavy atom. The number of nitrogens with one attached hydrogen (secondary N) is 1. The van der Waals surface area contributed by atoms with E-state index in [1.54, 1.807) is 24.3 Å².